The number of nitrogens with zero attached hydrogens (tertiary/aromatic N) is 1. The summed E-state index contributed by atoms with van der Waals surface area (Å²) in [5.74, 6) is 1.28. The molecule has 246 valence electrons. The lowest BCUT2D eigenvalue weighted by atomic mass is 9.51. The highest BCUT2D eigenvalue weighted by Crippen LogP contribution is 2.63. The van der Waals surface area contributed by atoms with Crippen LogP contribution < -0.4 is 0 Å². The Morgan fingerprint density at radius 1 is 0.913 bits per heavy atom. The Bertz CT molecular complexity index is 1430. The second kappa shape index (κ2) is 14.7. The van der Waals surface area contributed by atoms with Gasteiger partial charge in [-0.15, -0.1) is 0 Å². The molecule has 3 aliphatic rings. The molecule has 0 aliphatic heterocycles. The van der Waals surface area contributed by atoms with E-state index < -0.39 is 12.3 Å². The van der Waals surface area contributed by atoms with Gasteiger partial charge in [0.25, 0.3) is 0 Å². The van der Waals surface area contributed by atoms with E-state index in [1.807, 2.05) is 41.3 Å². The third kappa shape index (κ3) is 7.20. The lowest BCUT2D eigenvalue weighted by Crippen LogP contribution is -2.51. The van der Waals surface area contributed by atoms with Gasteiger partial charge >= 0.3 is 0 Å². The van der Waals surface area contributed by atoms with E-state index in [4.69, 9.17) is 0 Å². The molecule has 5 heteroatoms. The van der Waals surface area contributed by atoms with E-state index >= 15 is 4.39 Å². The van der Waals surface area contributed by atoms with Gasteiger partial charge in [0.15, 0.2) is 0 Å². The second-order valence-corrected chi connectivity index (χ2v) is 14.7. The minimum absolute atomic E-state index is 0.142. The van der Waals surface area contributed by atoms with Crippen LogP contribution >= 0.6 is 0 Å². The first kappa shape index (κ1) is 32.7. The SMILES string of the molecule is C[C@]12CC(F)C3c4ccc(O)cc4CC(CCCCCCN(Cc4ccccc4)C(=O)CCCc4ccccc4)C3C1CCC2O. The summed E-state index contributed by atoms with van der Waals surface area (Å²) in [6, 6.07) is 26.2. The fraction of sp³-hybridized carbons (Fsp3) is 0.537. The number of rotatable bonds is 13. The van der Waals surface area contributed by atoms with Crippen molar-refractivity contribution in [2.45, 2.75) is 109 Å². The Morgan fingerprint density at radius 2 is 1.63 bits per heavy atom. The first-order valence-electron chi connectivity index (χ1n) is 17.8. The quantitative estimate of drug-likeness (QED) is 0.187. The van der Waals surface area contributed by atoms with Crippen LogP contribution in [0.4, 0.5) is 4.39 Å². The Balaban J connectivity index is 1.04. The Kier molecular flexibility index (Phi) is 10.5. The Morgan fingerprint density at radius 3 is 2.39 bits per heavy atom. The third-order valence-electron chi connectivity index (χ3n) is 11.8. The number of alkyl halides is 1. The maximum Gasteiger partial charge on any atom is 0.222 e. The van der Waals surface area contributed by atoms with Crippen molar-refractivity contribution in [1.82, 2.24) is 4.90 Å². The zero-order valence-electron chi connectivity index (χ0n) is 27.5. The number of phenols is 1. The van der Waals surface area contributed by atoms with Gasteiger partial charge in [-0.05, 0) is 109 Å². The summed E-state index contributed by atoms with van der Waals surface area (Å²) in [4.78, 5) is 15.4. The highest BCUT2D eigenvalue weighted by Gasteiger charge is 2.59. The zero-order valence-corrected chi connectivity index (χ0v) is 27.5. The van der Waals surface area contributed by atoms with Crippen molar-refractivity contribution in [3.8, 4) is 5.75 Å². The van der Waals surface area contributed by atoms with E-state index in [0.717, 1.165) is 81.9 Å². The minimum Gasteiger partial charge on any atom is -0.508 e. The highest BCUT2D eigenvalue weighted by atomic mass is 19.1. The average molecular weight is 626 g/mol. The molecule has 2 saturated carbocycles. The molecule has 0 heterocycles. The molecule has 46 heavy (non-hydrogen) atoms. The van der Waals surface area contributed by atoms with Gasteiger partial charge in [-0.25, -0.2) is 4.39 Å². The summed E-state index contributed by atoms with van der Waals surface area (Å²) in [5, 5.41) is 21.2. The first-order valence-corrected chi connectivity index (χ1v) is 17.8. The van der Waals surface area contributed by atoms with Crippen molar-refractivity contribution in [2.24, 2.45) is 23.2 Å². The van der Waals surface area contributed by atoms with Crippen molar-refractivity contribution >= 4 is 5.91 Å². The average Bonchev–Trinajstić information content (AvgIpc) is 3.35. The van der Waals surface area contributed by atoms with Gasteiger partial charge in [-0.2, -0.15) is 0 Å². The van der Waals surface area contributed by atoms with Gasteiger partial charge < -0.3 is 15.1 Å². The number of amides is 1. The van der Waals surface area contributed by atoms with Crippen LogP contribution in [0.2, 0.25) is 0 Å². The largest absolute Gasteiger partial charge is 0.508 e. The number of aryl methyl sites for hydroxylation is 1. The van der Waals surface area contributed by atoms with E-state index in [9.17, 15) is 15.0 Å². The number of halogens is 1. The normalized spacial score (nSPS) is 28.2. The van der Waals surface area contributed by atoms with Crippen LogP contribution in [0.1, 0.15) is 99.3 Å². The summed E-state index contributed by atoms with van der Waals surface area (Å²) >= 11 is 0. The molecule has 7 atom stereocenters. The molecule has 0 bridgehead atoms. The third-order valence-corrected chi connectivity index (χ3v) is 11.8. The summed E-state index contributed by atoms with van der Waals surface area (Å²) < 4.78 is 16.1. The first-order chi connectivity index (χ1) is 22.3. The van der Waals surface area contributed by atoms with Gasteiger partial charge in [0.2, 0.25) is 5.91 Å². The predicted octanol–water partition coefficient (Wildman–Crippen LogP) is 8.79. The number of aliphatic hydroxyl groups is 1. The predicted molar refractivity (Wildman–Crippen MR) is 182 cm³/mol. The maximum atomic E-state index is 16.1. The van der Waals surface area contributed by atoms with Crippen LogP contribution in [0.25, 0.3) is 0 Å². The number of unbranched alkanes of at least 4 members (excludes halogenated alkanes) is 3. The van der Waals surface area contributed by atoms with Gasteiger partial charge in [0.05, 0.1) is 6.10 Å². The molecule has 1 amide bonds. The summed E-state index contributed by atoms with van der Waals surface area (Å²) in [7, 11) is 0. The molecule has 3 aliphatic carbocycles. The number of aromatic hydroxyl groups is 1. The summed E-state index contributed by atoms with van der Waals surface area (Å²) in [6.07, 6.45) is 9.26. The molecule has 0 radical (unpaired) electrons. The van der Waals surface area contributed by atoms with Crippen molar-refractivity contribution in [1.29, 1.82) is 0 Å². The highest BCUT2D eigenvalue weighted by molar-refractivity contribution is 5.76. The van der Waals surface area contributed by atoms with Gasteiger partial charge in [-0.1, -0.05) is 92.9 Å². The van der Waals surface area contributed by atoms with Crippen molar-refractivity contribution < 1.29 is 19.4 Å². The second-order valence-electron chi connectivity index (χ2n) is 14.7. The lowest BCUT2D eigenvalue weighted by molar-refractivity contribution is -0.132. The van der Waals surface area contributed by atoms with Gasteiger partial charge in [0.1, 0.15) is 11.9 Å². The molecule has 0 aromatic heterocycles. The smallest absolute Gasteiger partial charge is 0.222 e. The number of fused-ring (bicyclic) bond motifs is 5. The molecule has 0 saturated heterocycles. The number of hydrogen-bond acceptors (Lipinski definition) is 3. The van der Waals surface area contributed by atoms with Crippen LogP contribution in [-0.4, -0.2) is 39.8 Å². The lowest BCUT2D eigenvalue weighted by Gasteiger charge is -2.54. The number of phenolic OH excluding ortho intramolecular Hbond substituents is 1. The topological polar surface area (TPSA) is 60.8 Å². The fourth-order valence-corrected chi connectivity index (χ4v) is 9.44. The van der Waals surface area contributed by atoms with E-state index in [1.54, 1.807) is 6.07 Å². The molecule has 3 aromatic carbocycles. The minimum atomic E-state index is -0.967. The molecule has 0 spiro atoms. The van der Waals surface area contributed by atoms with Crippen molar-refractivity contribution in [3.05, 3.63) is 101 Å². The Labute approximate surface area is 275 Å². The Hall–Kier alpha value is -3.18. The van der Waals surface area contributed by atoms with Gasteiger partial charge in [0, 0.05) is 25.4 Å². The van der Waals surface area contributed by atoms with Crippen LogP contribution in [0.15, 0.2) is 78.9 Å². The number of hydrogen-bond donors (Lipinski definition) is 2. The fourth-order valence-electron chi connectivity index (χ4n) is 9.44. The standard InChI is InChI=1S/C41H52FNO3/c1-41-27-36(42)40-34-21-20-33(44)26-32(34)25-31(39(40)35(41)22-23-37(41)45)18-10-2-3-11-24-43(28-30-15-8-5-9-16-30)38(46)19-12-17-29-13-6-4-7-14-29/h4-9,13-16,20-21,26,31,35-37,39-40,44-45H,2-3,10-12,17-19,22-25,27-28H2,1H3/t31?,35?,36?,37?,39?,40?,41-/m0/s1. The molecule has 2 N–H and O–H groups in total. The molecular formula is C41H52FNO3. The van der Waals surface area contributed by atoms with E-state index in [2.05, 4.69) is 43.3 Å². The molecular weight excluding hydrogens is 573 g/mol. The maximum absolute atomic E-state index is 16.1. The van der Waals surface area contributed by atoms with Gasteiger partial charge in [-0.3, -0.25) is 4.79 Å². The molecule has 3 aromatic rings. The monoisotopic (exact) mass is 625 g/mol. The molecule has 6 unspecified atom stereocenters. The van der Waals surface area contributed by atoms with Crippen LogP contribution in [0, 0.1) is 23.2 Å². The number of benzene rings is 3. The van der Waals surface area contributed by atoms with Crippen LogP contribution in [-0.2, 0) is 24.2 Å². The summed E-state index contributed by atoms with van der Waals surface area (Å²) in [6.45, 7) is 3.55. The zero-order chi connectivity index (χ0) is 32.1. The molecule has 2 fully saturated rings. The summed E-state index contributed by atoms with van der Waals surface area (Å²) in [5.41, 5.74) is 4.29. The molecule has 4 nitrogen and oxygen atoms in total. The van der Waals surface area contributed by atoms with E-state index in [-0.39, 0.29) is 28.9 Å². The number of carbonyl (C=O) groups is 1. The van der Waals surface area contributed by atoms with Crippen LogP contribution in [0.5, 0.6) is 5.75 Å². The number of aliphatic hydroxyl groups excluding tert-OH is 1. The number of carbonyl (C=O) groups excluding carboxylic acids is 1. The van der Waals surface area contributed by atoms with E-state index in [1.165, 1.54) is 11.1 Å². The van der Waals surface area contributed by atoms with Crippen molar-refractivity contribution in [2.75, 3.05) is 6.54 Å². The van der Waals surface area contributed by atoms with E-state index in [0.29, 0.717) is 31.2 Å². The van der Waals surface area contributed by atoms with Crippen molar-refractivity contribution in [3.63, 3.8) is 0 Å². The van der Waals surface area contributed by atoms with Crippen LogP contribution in [0.3, 0.4) is 0 Å². The molecule has 6 rings (SSSR count).